The second-order valence-corrected chi connectivity index (χ2v) is 10.8. The largest absolute Gasteiger partial charge is 0.496 e. The highest BCUT2D eigenvalue weighted by Crippen LogP contribution is 2.41. The summed E-state index contributed by atoms with van der Waals surface area (Å²) in [5.74, 6) is 1.71. The van der Waals surface area contributed by atoms with Crippen molar-refractivity contribution in [3.05, 3.63) is 59.7 Å². The van der Waals surface area contributed by atoms with E-state index in [2.05, 4.69) is 31.6 Å². The van der Waals surface area contributed by atoms with Gasteiger partial charge in [0.25, 0.3) is 5.91 Å². The zero-order chi connectivity index (χ0) is 28.0. The SMILES string of the molecule is COc1cccc2c(N3CCOCC3)cc(C(=O)N3CCC4(CC3)CC(=O)c3cc(-c5nn[nH]n5)ccc3O4)cc12. The Balaban J connectivity index is 1.12. The minimum absolute atomic E-state index is 0.0214. The average Bonchev–Trinajstić information content (AvgIpc) is 3.56. The number of anilines is 1. The number of piperidine rings is 1. The van der Waals surface area contributed by atoms with E-state index >= 15 is 0 Å². The van der Waals surface area contributed by atoms with Gasteiger partial charge in [-0.1, -0.05) is 12.1 Å². The third-order valence-corrected chi connectivity index (χ3v) is 8.41. The molecule has 7 rings (SSSR count). The molecule has 0 unspecified atom stereocenters. The van der Waals surface area contributed by atoms with Gasteiger partial charge in [-0.2, -0.15) is 5.21 Å². The molecule has 1 spiro atoms. The Morgan fingerprint density at radius 3 is 2.61 bits per heavy atom. The van der Waals surface area contributed by atoms with Gasteiger partial charge >= 0.3 is 0 Å². The highest BCUT2D eigenvalue weighted by molar-refractivity contribution is 6.06. The lowest BCUT2D eigenvalue weighted by molar-refractivity contribution is -0.00569. The second-order valence-electron chi connectivity index (χ2n) is 10.8. The third kappa shape index (κ3) is 4.55. The molecule has 3 aliphatic rings. The maximum Gasteiger partial charge on any atom is 0.253 e. The monoisotopic (exact) mass is 554 g/mol. The molecular formula is C30H30N6O5. The van der Waals surface area contributed by atoms with Gasteiger partial charge in [0.15, 0.2) is 5.78 Å². The average molecular weight is 555 g/mol. The summed E-state index contributed by atoms with van der Waals surface area (Å²) in [7, 11) is 1.65. The van der Waals surface area contributed by atoms with E-state index in [9.17, 15) is 9.59 Å². The predicted molar refractivity (Wildman–Crippen MR) is 151 cm³/mol. The highest BCUT2D eigenvalue weighted by atomic mass is 16.5. The van der Waals surface area contributed by atoms with Gasteiger partial charge in [-0.15, -0.1) is 10.2 Å². The van der Waals surface area contributed by atoms with Crippen molar-refractivity contribution in [1.29, 1.82) is 0 Å². The van der Waals surface area contributed by atoms with Gasteiger partial charge < -0.3 is 24.0 Å². The number of carbonyl (C=O) groups excluding carboxylic acids is 2. The molecule has 3 aliphatic heterocycles. The number of aromatic nitrogens is 4. The number of hydrogen-bond donors (Lipinski definition) is 1. The van der Waals surface area contributed by atoms with Crippen molar-refractivity contribution in [3.8, 4) is 22.9 Å². The van der Waals surface area contributed by atoms with Gasteiger partial charge in [0.05, 0.1) is 32.3 Å². The van der Waals surface area contributed by atoms with Crippen molar-refractivity contribution >= 4 is 28.2 Å². The minimum atomic E-state index is -0.625. The van der Waals surface area contributed by atoms with Crippen molar-refractivity contribution in [2.45, 2.75) is 24.9 Å². The second kappa shape index (κ2) is 10.2. The molecule has 0 radical (unpaired) electrons. The molecular weight excluding hydrogens is 524 g/mol. The van der Waals surface area contributed by atoms with Crippen LogP contribution in [-0.4, -0.2) is 89.3 Å². The highest BCUT2D eigenvalue weighted by Gasteiger charge is 2.44. The van der Waals surface area contributed by atoms with Crippen molar-refractivity contribution in [2.24, 2.45) is 0 Å². The Hall–Kier alpha value is -4.51. The lowest BCUT2D eigenvalue weighted by atomic mass is 9.82. The zero-order valence-electron chi connectivity index (χ0n) is 22.8. The molecule has 2 saturated heterocycles. The van der Waals surface area contributed by atoms with E-state index in [1.807, 2.05) is 35.2 Å². The number of nitrogens with one attached hydrogen (secondary N) is 1. The number of aromatic amines is 1. The molecule has 11 nitrogen and oxygen atoms in total. The number of likely N-dealkylation sites (tertiary alicyclic amines) is 1. The number of carbonyl (C=O) groups is 2. The molecule has 0 aliphatic carbocycles. The van der Waals surface area contributed by atoms with Gasteiger partial charge in [-0.3, -0.25) is 9.59 Å². The van der Waals surface area contributed by atoms with Crippen LogP contribution in [0, 0.1) is 0 Å². The minimum Gasteiger partial charge on any atom is -0.496 e. The fourth-order valence-electron chi connectivity index (χ4n) is 6.20. The van der Waals surface area contributed by atoms with Crippen LogP contribution >= 0.6 is 0 Å². The van der Waals surface area contributed by atoms with Crippen LogP contribution in [0.3, 0.4) is 0 Å². The lowest BCUT2D eigenvalue weighted by Gasteiger charge is -2.44. The predicted octanol–water partition coefficient (Wildman–Crippen LogP) is 3.51. The summed E-state index contributed by atoms with van der Waals surface area (Å²) in [5, 5.41) is 16.0. The van der Waals surface area contributed by atoms with E-state index in [0.717, 1.165) is 35.3 Å². The van der Waals surface area contributed by atoms with Crippen LogP contribution in [0.5, 0.6) is 11.5 Å². The molecule has 11 heteroatoms. The number of amides is 1. The van der Waals surface area contributed by atoms with Crippen LogP contribution in [0.25, 0.3) is 22.2 Å². The number of fused-ring (bicyclic) bond motifs is 2. The standard InChI is InChI=1S/C30H30N6O5/c1-39-26-4-2-3-21-22(26)16-20(17-24(21)35-11-13-40-14-12-35)29(38)36-9-7-30(8-10-36)18-25(37)23-15-19(5-6-27(23)41-30)28-31-33-34-32-28/h2-6,15-17H,7-14,18H2,1H3,(H,31,32,33,34). The maximum absolute atomic E-state index is 13.9. The van der Waals surface area contributed by atoms with Crippen molar-refractivity contribution in [3.63, 3.8) is 0 Å². The number of ether oxygens (including phenoxy) is 3. The number of H-pyrrole nitrogens is 1. The number of hydrogen-bond acceptors (Lipinski definition) is 9. The maximum atomic E-state index is 13.9. The van der Waals surface area contributed by atoms with Crippen LogP contribution in [-0.2, 0) is 4.74 Å². The molecule has 0 bridgehead atoms. The fraction of sp³-hybridized carbons (Fsp3) is 0.367. The van der Waals surface area contributed by atoms with E-state index in [4.69, 9.17) is 14.2 Å². The van der Waals surface area contributed by atoms with Gasteiger partial charge in [0.2, 0.25) is 5.82 Å². The number of morpholine rings is 1. The van der Waals surface area contributed by atoms with Gasteiger partial charge in [-0.05, 0) is 41.6 Å². The molecule has 0 atom stereocenters. The fourth-order valence-corrected chi connectivity index (χ4v) is 6.20. The molecule has 1 aromatic heterocycles. The van der Waals surface area contributed by atoms with Gasteiger partial charge in [0.1, 0.15) is 17.1 Å². The number of Topliss-reactive ketones (excluding diaryl/α,β-unsaturated/α-hetero) is 1. The number of rotatable bonds is 4. The van der Waals surface area contributed by atoms with Crippen LogP contribution in [0.1, 0.15) is 40.0 Å². The lowest BCUT2D eigenvalue weighted by Crippen LogP contribution is -2.52. The molecule has 1 amide bonds. The summed E-state index contributed by atoms with van der Waals surface area (Å²) in [6.07, 6.45) is 1.42. The van der Waals surface area contributed by atoms with E-state index in [0.29, 0.717) is 67.4 Å². The Kier molecular flexibility index (Phi) is 6.30. The first-order valence-electron chi connectivity index (χ1n) is 13.9. The smallest absolute Gasteiger partial charge is 0.253 e. The molecule has 4 aromatic rings. The topological polar surface area (TPSA) is 123 Å². The van der Waals surface area contributed by atoms with E-state index in [1.165, 1.54) is 0 Å². The Morgan fingerprint density at radius 1 is 1.02 bits per heavy atom. The summed E-state index contributed by atoms with van der Waals surface area (Å²) < 4.78 is 17.7. The molecule has 2 fully saturated rings. The molecule has 3 aromatic carbocycles. The quantitative estimate of drug-likeness (QED) is 0.404. The summed E-state index contributed by atoms with van der Waals surface area (Å²) in [6, 6.07) is 15.3. The van der Waals surface area contributed by atoms with Crippen LogP contribution in [0.2, 0.25) is 0 Å². The summed E-state index contributed by atoms with van der Waals surface area (Å²) in [4.78, 5) is 31.3. The summed E-state index contributed by atoms with van der Waals surface area (Å²) in [6.45, 7) is 3.83. The molecule has 210 valence electrons. The zero-order valence-corrected chi connectivity index (χ0v) is 22.8. The van der Waals surface area contributed by atoms with E-state index < -0.39 is 5.60 Å². The van der Waals surface area contributed by atoms with Gasteiger partial charge in [0, 0.05) is 66.6 Å². The first kappa shape index (κ1) is 25.5. The molecule has 0 saturated carbocycles. The van der Waals surface area contributed by atoms with E-state index in [1.54, 1.807) is 19.2 Å². The van der Waals surface area contributed by atoms with Crippen LogP contribution < -0.4 is 14.4 Å². The summed E-state index contributed by atoms with van der Waals surface area (Å²) >= 11 is 0. The van der Waals surface area contributed by atoms with Crippen LogP contribution in [0.4, 0.5) is 5.69 Å². The van der Waals surface area contributed by atoms with Crippen molar-refractivity contribution in [1.82, 2.24) is 25.5 Å². The number of ketones is 1. The van der Waals surface area contributed by atoms with Crippen molar-refractivity contribution < 1.29 is 23.8 Å². The molecule has 41 heavy (non-hydrogen) atoms. The third-order valence-electron chi connectivity index (χ3n) is 8.41. The molecule has 1 N–H and O–H groups in total. The number of tetrazole rings is 1. The Morgan fingerprint density at radius 2 is 1.85 bits per heavy atom. The van der Waals surface area contributed by atoms with Crippen molar-refractivity contribution in [2.75, 3.05) is 51.4 Å². The summed E-state index contributed by atoms with van der Waals surface area (Å²) in [5.41, 5.74) is 2.24. The first-order valence-corrected chi connectivity index (χ1v) is 13.9. The number of benzene rings is 3. The van der Waals surface area contributed by atoms with Gasteiger partial charge in [-0.25, -0.2) is 0 Å². The molecule has 4 heterocycles. The Bertz CT molecular complexity index is 1620. The number of methoxy groups -OCH3 is 1. The first-order chi connectivity index (χ1) is 20.0. The van der Waals surface area contributed by atoms with E-state index in [-0.39, 0.29) is 18.1 Å². The van der Waals surface area contributed by atoms with Crippen LogP contribution in [0.15, 0.2) is 48.5 Å². The normalized spacial score (nSPS) is 18.3. The Labute approximate surface area is 236 Å². The number of nitrogens with zero attached hydrogens (tertiary/aromatic N) is 5.